The van der Waals surface area contributed by atoms with Gasteiger partial charge in [0.25, 0.3) is 0 Å². The molecule has 0 amide bonds. The molecule has 1 N–H and O–H groups in total. The third-order valence-corrected chi connectivity index (χ3v) is 3.84. The number of aldehydes is 1. The molecule has 0 heterocycles. The second kappa shape index (κ2) is 7.83. The Morgan fingerprint density at radius 1 is 1.18 bits per heavy atom. The lowest BCUT2D eigenvalue weighted by Crippen LogP contribution is -2.40. The Morgan fingerprint density at radius 2 is 1.82 bits per heavy atom. The van der Waals surface area contributed by atoms with E-state index in [9.17, 15) is 4.79 Å². The molecule has 0 saturated heterocycles. The Labute approximate surface area is 105 Å². The SMILES string of the molecule is CCCN(CCO)CC1(C=O)CCCCCC1. The van der Waals surface area contributed by atoms with E-state index >= 15 is 0 Å². The largest absolute Gasteiger partial charge is 0.395 e. The normalized spacial score (nSPS) is 20.2. The molecule has 0 aromatic carbocycles. The van der Waals surface area contributed by atoms with Crippen molar-refractivity contribution in [3.8, 4) is 0 Å². The van der Waals surface area contributed by atoms with Crippen LogP contribution in [0.5, 0.6) is 0 Å². The smallest absolute Gasteiger partial charge is 0.127 e. The van der Waals surface area contributed by atoms with Crippen LogP contribution in [0.4, 0.5) is 0 Å². The van der Waals surface area contributed by atoms with Crippen LogP contribution >= 0.6 is 0 Å². The quantitative estimate of drug-likeness (QED) is 0.549. The molecule has 0 aliphatic heterocycles. The molecule has 1 aliphatic carbocycles. The highest BCUT2D eigenvalue weighted by molar-refractivity contribution is 5.59. The minimum absolute atomic E-state index is 0.138. The van der Waals surface area contributed by atoms with Crippen LogP contribution in [0.1, 0.15) is 51.9 Å². The summed E-state index contributed by atoms with van der Waals surface area (Å²) in [4.78, 5) is 13.7. The third kappa shape index (κ3) is 4.76. The van der Waals surface area contributed by atoms with Gasteiger partial charge in [-0.15, -0.1) is 0 Å². The lowest BCUT2D eigenvalue weighted by Gasteiger charge is -2.33. The summed E-state index contributed by atoms with van der Waals surface area (Å²) >= 11 is 0. The van der Waals surface area contributed by atoms with Crippen molar-refractivity contribution in [1.29, 1.82) is 0 Å². The summed E-state index contributed by atoms with van der Waals surface area (Å²) in [5.41, 5.74) is -0.138. The highest BCUT2D eigenvalue weighted by atomic mass is 16.3. The average Bonchev–Trinajstić information content (AvgIpc) is 2.56. The molecule has 1 rings (SSSR count). The van der Waals surface area contributed by atoms with E-state index in [0.717, 1.165) is 32.4 Å². The molecule has 3 nitrogen and oxygen atoms in total. The van der Waals surface area contributed by atoms with E-state index < -0.39 is 0 Å². The average molecular weight is 241 g/mol. The highest BCUT2D eigenvalue weighted by Gasteiger charge is 2.32. The van der Waals surface area contributed by atoms with Crippen molar-refractivity contribution < 1.29 is 9.90 Å². The van der Waals surface area contributed by atoms with Crippen molar-refractivity contribution in [1.82, 2.24) is 4.90 Å². The molecule has 17 heavy (non-hydrogen) atoms. The summed E-state index contributed by atoms with van der Waals surface area (Å²) in [7, 11) is 0. The highest BCUT2D eigenvalue weighted by Crippen LogP contribution is 2.34. The molecule has 100 valence electrons. The number of carbonyl (C=O) groups is 1. The van der Waals surface area contributed by atoms with E-state index in [-0.39, 0.29) is 12.0 Å². The van der Waals surface area contributed by atoms with E-state index in [1.165, 1.54) is 32.0 Å². The molecule has 0 unspecified atom stereocenters. The number of carbonyl (C=O) groups excluding carboxylic acids is 1. The monoisotopic (exact) mass is 241 g/mol. The van der Waals surface area contributed by atoms with Gasteiger partial charge in [-0.1, -0.05) is 32.6 Å². The molecule has 1 aliphatic rings. The minimum atomic E-state index is -0.138. The van der Waals surface area contributed by atoms with Crippen molar-refractivity contribution in [2.45, 2.75) is 51.9 Å². The second-order valence-electron chi connectivity index (χ2n) is 5.39. The van der Waals surface area contributed by atoms with Gasteiger partial charge in [0.05, 0.1) is 6.61 Å². The van der Waals surface area contributed by atoms with Gasteiger partial charge in [-0.25, -0.2) is 0 Å². The molecule has 0 aromatic rings. The van der Waals surface area contributed by atoms with E-state index in [1.807, 2.05) is 0 Å². The van der Waals surface area contributed by atoms with Crippen LogP contribution in [0.3, 0.4) is 0 Å². The lowest BCUT2D eigenvalue weighted by molar-refractivity contribution is -0.118. The van der Waals surface area contributed by atoms with Crippen molar-refractivity contribution >= 4 is 6.29 Å². The Bertz CT molecular complexity index is 204. The van der Waals surface area contributed by atoms with Crippen LogP contribution in [0.2, 0.25) is 0 Å². The Morgan fingerprint density at radius 3 is 2.29 bits per heavy atom. The molecule has 3 heteroatoms. The summed E-state index contributed by atoms with van der Waals surface area (Å²) < 4.78 is 0. The summed E-state index contributed by atoms with van der Waals surface area (Å²) in [5, 5.41) is 9.07. The number of rotatable bonds is 7. The van der Waals surface area contributed by atoms with Gasteiger partial charge in [0, 0.05) is 18.5 Å². The van der Waals surface area contributed by atoms with Gasteiger partial charge >= 0.3 is 0 Å². The maximum Gasteiger partial charge on any atom is 0.127 e. The molecule has 0 bridgehead atoms. The molecule has 0 atom stereocenters. The number of hydrogen-bond acceptors (Lipinski definition) is 3. The molecule has 1 saturated carbocycles. The molecular weight excluding hydrogens is 214 g/mol. The first-order chi connectivity index (χ1) is 8.26. The molecule has 0 spiro atoms. The van der Waals surface area contributed by atoms with Crippen LogP contribution in [0, 0.1) is 5.41 Å². The van der Waals surface area contributed by atoms with Gasteiger partial charge < -0.3 is 14.8 Å². The van der Waals surface area contributed by atoms with Gasteiger partial charge in [-0.05, 0) is 25.8 Å². The fraction of sp³-hybridized carbons (Fsp3) is 0.929. The maximum absolute atomic E-state index is 11.5. The second-order valence-corrected chi connectivity index (χ2v) is 5.39. The summed E-state index contributed by atoms with van der Waals surface area (Å²) in [5.74, 6) is 0. The number of hydrogen-bond donors (Lipinski definition) is 1. The van der Waals surface area contributed by atoms with Crippen LogP contribution in [0.15, 0.2) is 0 Å². The van der Waals surface area contributed by atoms with Gasteiger partial charge in [0.2, 0.25) is 0 Å². The van der Waals surface area contributed by atoms with Crippen molar-refractivity contribution in [2.24, 2.45) is 5.41 Å². The van der Waals surface area contributed by atoms with Crippen molar-refractivity contribution in [2.75, 3.05) is 26.2 Å². The zero-order valence-corrected chi connectivity index (χ0v) is 11.2. The lowest BCUT2D eigenvalue weighted by atomic mass is 9.81. The zero-order valence-electron chi connectivity index (χ0n) is 11.2. The molecule has 1 fully saturated rings. The Balaban J connectivity index is 2.59. The number of aliphatic hydroxyl groups excluding tert-OH is 1. The fourth-order valence-corrected chi connectivity index (χ4v) is 2.92. The molecule has 0 aromatic heterocycles. The minimum Gasteiger partial charge on any atom is -0.395 e. The first-order valence-electron chi connectivity index (χ1n) is 7.06. The zero-order chi connectivity index (χ0) is 12.6. The van der Waals surface area contributed by atoms with E-state index in [4.69, 9.17) is 5.11 Å². The van der Waals surface area contributed by atoms with Crippen LogP contribution in [0.25, 0.3) is 0 Å². The van der Waals surface area contributed by atoms with Crippen LogP contribution < -0.4 is 0 Å². The maximum atomic E-state index is 11.5. The predicted molar refractivity (Wildman–Crippen MR) is 70.0 cm³/mol. The number of aliphatic hydroxyl groups is 1. The Hall–Kier alpha value is -0.410. The summed E-state index contributed by atoms with van der Waals surface area (Å²) in [6.07, 6.45) is 9.22. The standard InChI is InChI=1S/C14H27NO2/c1-2-9-15(10-11-16)12-14(13-17)7-5-3-4-6-8-14/h13,16H,2-12H2,1H3. The fourth-order valence-electron chi connectivity index (χ4n) is 2.92. The summed E-state index contributed by atoms with van der Waals surface area (Å²) in [6, 6.07) is 0. The van der Waals surface area contributed by atoms with Gasteiger partial charge in [-0.3, -0.25) is 0 Å². The summed E-state index contributed by atoms with van der Waals surface area (Å²) in [6.45, 7) is 4.85. The first kappa shape index (κ1) is 14.7. The topological polar surface area (TPSA) is 40.5 Å². The first-order valence-corrected chi connectivity index (χ1v) is 7.06. The van der Waals surface area contributed by atoms with Gasteiger partial charge in [-0.2, -0.15) is 0 Å². The third-order valence-electron chi connectivity index (χ3n) is 3.84. The van der Waals surface area contributed by atoms with Crippen LogP contribution in [-0.2, 0) is 4.79 Å². The van der Waals surface area contributed by atoms with E-state index in [2.05, 4.69) is 11.8 Å². The van der Waals surface area contributed by atoms with Gasteiger partial charge in [0.1, 0.15) is 6.29 Å². The van der Waals surface area contributed by atoms with Crippen LogP contribution in [-0.4, -0.2) is 42.5 Å². The van der Waals surface area contributed by atoms with Crippen molar-refractivity contribution in [3.63, 3.8) is 0 Å². The molecular formula is C14H27NO2. The van der Waals surface area contributed by atoms with Crippen molar-refractivity contribution in [3.05, 3.63) is 0 Å². The molecule has 0 radical (unpaired) electrons. The predicted octanol–water partition coefficient (Wildman–Crippen LogP) is 2.23. The van der Waals surface area contributed by atoms with E-state index in [0.29, 0.717) is 6.54 Å². The Kier molecular flexibility index (Phi) is 6.75. The number of nitrogens with zero attached hydrogens (tertiary/aromatic N) is 1. The van der Waals surface area contributed by atoms with E-state index in [1.54, 1.807) is 0 Å². The van der Waals surface area contributed by atoms with Gasteiger partial charge in [0.15, 0.2) is 0 Å².